The monoisotopic (exact) mass is 316 g/mol. The Labute approximate surface area is 129 Å². The van der Waals surface area contributed by atoms with Crippen molar-refractivity contribution >= 4 is 11.6 Å². The maximum absolute atomic E-state index is 12.2. The van der Waals surface area contributed by atoms with E-state index in [0.29, 0.717) is 0 Å². The summed E-state index contributed by atoms with van der Waals surface area (Å²) in [7, 11) is 0. The van der Waals surface area contributed by atoms with E-state index in [1.54, 1.807) is 0 Å². The van der Waals surface area contributed by atoms with Gasteiger partial charge in [0, 0.05) is 17.7 Å². The van der Waals surface area contributed by atoms with Gasteiger partial charge in [0.25, 0.3) is 17.2 Å². The summed E-state index contributed by atoms with van der Waals surface area (Å²) in [4.78, 5) is 34.0. The molecule has 0 atom stereocenters. The van der Waals surface area contributed by atoms with Gasteiger partial charge in [0.1, 0.15) is 11.3 Å². The van der Waals surface area contributed by atoms with Crippen LogP contribution in [-0.4, -0.2) is 25.7 Å². The van der Waals surface area contributed by atoms with Gasteiger partial charge in [-0.25, -0.2) is 4.68 Å². The third kappa shape index (κ3) is 2.52. The molecule has 1 saturated carbocycles. The molecular formula is C14H12N4O5. The lowest BCUT2D eigenvalue weighted by molar-refractivity contribution is -0.384. The van der Waals surface area contributed by atoms with E-state index >= 15 is 0 Å². The Kier molecular flexibility index (Phi) is 3.32. The number of hydrogen-bond acceptors (Lipinski definition) is 6. The number of non-ortho nitro benzene ring substituents is 1. The second kappa shape index (κ2) is 5.20. The zero-order valence-electron chi connectivity index (χ0n) is 11.8. The summed E-state index contributed by atoms with van der Waals surface area (Å²) in [6.45, 7) is 0. The fraction of sp³-hybridized carbons (Fsp3) is 0.214. The molecule has 1 heterocycles. The average Bonchev–Trinajstić information content (AvgIpc) is 3.32. The summed E-state index contributed by atoms with van der Waals surface area (Å²) in [5.41, 5.74) is 3.79. The molecule has 0 radical (unpaired) electrons. The van der Waals surface area contributed by atoms with E-state index in [2.05, 4.69) is 5.10 Å². The minimum atomic E-state index is -1.07. The Bertz CT molecular complexity index is 885. The van der Waals surface area contributed by atoms with Gasteiger partial charge in [-0.2, -0.15) is 5.10 Å². The number of carbonyl (C=O) groups is 1. The topological polar surface area (TPSA) is 141 Å². The molecule has 1 fully saturated rings. The van der Waals surface area contributed by atoms with Crippen LogP contribution < -0.4 is 11.3 Å². The molecule has 1 amide bonds. The van der Waals surface area contributed by atoms with Gasteiger partial charge < -0.3 is 10.8 Å². The number of aromatic hydroxyl groups is 1. The van der Waals surface area contributed by atoms with Crippen molar-refractivity contribution in [2.24, 2.45) is 5.73 Å². The highest BCUT2D eigenvalue weighted by Gasteiger charge is 2.31. The number of nitro groups is 1. The maximum Gasteiger partial charge on any atom is 0.283 e. The first-order valence-corrected chi connectivity index (χ1v) is 6.80. The number of aromatic nitrogens is 2. The predicted molar refractivity (Wildman–Crippen MR) is 79.0 cm³/mol. The number of carbonyl (C=O) groups excluding carboxylic acids is 1. The van der Waals surface area contributed by atoms with E-state index in [1.165, 1.54) is 24.3 Å². The molecule has 0 unspecified atom stereocenters. The third-order valence-electron chi connectivity index (χ3n) is 3.56. The van der Waals surface area contributed by atoms with Crippen molar-refractivity contribution in [3.05, 3.63) is 50.3 Å². The van der Waals surface area contributed by atoms with E-state index < -0.39 is 27.7 Å². The molecule has 3 rings (SSSR count). The first-order valence-electron chi connectivity index (χ1n) is 6.80. The molecule has 118 valence electrons. The van der Waals surface area contributed by atoms with Crippen LogP contribution >= 0.6 is 0 Å². The smallest absolute Gasteiger partial charge is 0.283 e. The van der Waals surface area contributed by atoms with Crippen LogP contribution in [0.15, 0.2) is 29.1 Å². The molecule has 1 aromatic heterocycles. The van der Waals surface area contributed by atoms with Crippen molar-refractivity contribution in [1.29, 1.82) is 0 Å². The van der Waals surface area contributed by atoms with Crippen molar-refractivity contribution in [2.45, 2.75) is 18.9 Å². The second-order valence-electron chi connectivity index (χ2n) is 5.22. The lowest BCUT2D eigenvalue weighted by Crippen LogP contribution is -2.31. The van der Waals surface area contributed by atoms with Gasteiger partial charge in [-0.1, -0.05) is 12.1 Å². The predicted octanol–water partition coefficient (Wildman–Crippen LogP) is 0.958. The molecule has 9 heteroatoms. The standard InChI is InChI=1S/C14H12N4O5/c15-13(20)10-12(19)11(16-17(14(10)21)8-4-5-8)7-2-1-3-9(6-7)18(22)23/h1-3,6,8,19H,4-5H2,(H2,15,20). The fourth-order valence-corrected chi connectivity index (χ4v) is 2.28. The van der Waals surface area contributed by atoms with E-state index in [4.69, 9.17) is 5.73 Å². The summed E-state index contributed by atoms with van der Waals surface area (Å²) >= 11 is 0. The molecule has 23 heavy (non-hydrogen) atoms. The maximum atomic E-state index is 12.2. The Balaban J connectivity index is 2.27. The molecule has 1 aromatic carbocycles. The largest absolute Gasteiger partial charge is 0.505 e. The summed E-state index contributed by atoms with van der Waals surface area (Å²) in [5.74, 6) is -1.74. The van der Waals surface area contributed by atoms with Crippen molar-refractivity contribution in [3.8, 4) is 17.0 Å². The molecule has 1 aliphatic carbocycles. The second-order valence-corrected chi connectivity index (χ2v) is 5.22. The summed E-state index contributed by atoms with van der Waals surface area (Å²) in [5, 5.41) is 25.2. The van der Waals surface area contributed by atoms with E-state index in [0.717, 1.165) is 17.5 Å². The van der Waals surface area contributed by atoms with Crippen LogP contribution in [0.3, 0.4) is 0 Å². The normalized spacial score (nSPS) is 13.7. The number of benzene rings is 1. The van der Waals surface area contributed by atoms with Gasteiger partial charge >= 0.3 is 0 Å². The molecule has 0 saturated heterocycles. The molecule has 0 aliphatic heterocycles. The van der Waals surface area contributed by atoms with Crippen LogP contribution in [0, 0.1) is 10.1 Å². The first kappa shape index (κ1) is 14.7. The van der Waals surface area contributed by atoms with Crippen LogP contribution in [0.25, 0.3) is 11.3 Å². The van der Waals surface area contributed by atoms with Crippen molar-refractivity contribution in [1.82, 2.24) is 9.78 Å². The van der Waals surface area contributed by atoms with Gasteiger partial charge in [0.15, 0.2) is 5.75 Å². The molecular weight excluding hydrogens is 304 g/mol. The van der Waals surface area contributed by atoms with Crippen molar-refractivity contribution in [2.75, 3.05) is 0 Å². The minimum Gasteiger partial charge on any atom is -0.505 e. The number of primary amides is 1. The quantitative estimate of drug-likeness (QED) is 0.635. The lowest BCUT2D eigenvalue weighted by Gasteiger charge is -2.11. The van der Waals surface area contributed by atoms with Crippen LogP contribution in [-0.2, 0) is 0 Å². The van der Waals surface area contributed by atoms with Crippen LogP contribution in [0.4, 0.5) is 5.69 Å². The number of hydrogen-bond donors (Lipinski definition) is 2. The van der Waals surface area contributed by atoms with Crippen molar-refractivity contribution < 1.29 is 14.8 Å². The van der Waals surface area contributed by atoms with Crippen LogP contribution in [0.5, 0.6) is 5.75 Å². The third-order valence-corrected chi connectivity index (χ3v) is 3.56. The zero-order chi connectivity index (χ0) is 16.7. The number of nitro benzene ring substituents is 1. The number of rotatable bonds is 4. The Hall–Kier alpha value is -3.23. The Morgan fingerprint density at radius 3 is 2.70 bits per heavy atom. The first-order chi connectivity index (χ1) is 10.9. The zero-order valence-corrected chi connectivity index (χ0v) is 11.8. The summed E-state index contributed by atoms with van der Waals surface area (Å²) in [6.07, 6.45) is 1.45. The lowest BCUT2D eigenvalue weighted by atomic mass is 10.1. The molecule has 3 N–H and O–H groups in total. The highest BCUT2D eigenvalue weighted by atomic mass is 16.6. The average molecular weight is 316 g/mol. The molecule has 0 bridgehead atoms. The van der Waals surface area contributed by atoms with Gasteiger partial charge in [-0.15, -0.1) is 0 Å². The molecule has 2 aromatic rings. The van der Waals surface area contributed by atoms with E-state index in [-0.39, 0.29) is 23.0 Å². The highest BCUT2D eigenvalue weighted by Crippen LogP contribution is 2.36. The number of amides is 1. The SMILES string of the molecule is NC(=O)c1c(O)c(-c2cccc([N+](=O)[O-])c2)nn(C2CC2)c1=O. The highest BCUT2D eigenvalue weighted by molar-refractivity contribution is 5.97. The van der Waals surface area contributed by atoms with Gasteiger partial charge in [0.2, 0.25) is 0 Å². The summed E-state index contributed by atoms with van der Waals surface area (Å²) in [6, 6.07) is 5.24. The van der Waals surface area contributed by atoms with Crippen molar-refractivity contribution in [3.63, 3.8) is 0 Å². The van der Waals surface area contributed by atoms with E-state index in [1.807, 2.05) is 0 Å². The molecule has 9 nitrogen and oxygen atoms in total. The van der Waals surface area contributed by atoms with Gasteiger partial charge in [-0.3, -0.25) is 19.7 Å². The van der Waals surface area contributed by atoms with E-state index in [9.17, 15) is 24.8 Å². The minimum absolute atomic E-state index is 0.0889. The summed E-state index contributed by atoms with van der Waals surface area (Å²) < 4.78 is 1.11. The van der Waals surface area contributed by atoms with Crippen LogP contribution in [0.2, 0.25) is 0 Å². The van der Waals surface area contributed by atoms with Gasteiger partial charge in [0.05, 0.1) is 11.0 Å². The molecule has 0 spiro atoms. The number of nitrogens with two attached hydrogens (primary N) is 1. The number of nitrogens with zero attached hydrogens (tertiary/aromatic N) is 3. The van der Waals surface area contributed by atoms with Gasteiger partial charge in [-0.05, 0) is 12.8 Å². The Morgan fingerprint density at radius 1 is 1.43 bits per heavy atom. The van der Waals surface area contributed by atoms with Crippen LogP contribution in [0.1, 0.15) is 29.2 Å². The fourth-order valence-electron chi connectivity index (χ4n) is 2.28. The molecule has 1 aliphatic rings. The Morgan fingerprint density at radius 2 is 2.13 bits per heavy atom.